The predicted molar refractivity (Wildman–Crippen MR) is 123 cm³/mol. The fourth-order valence-electron chi connectivity index (χ4n) is 3.20. The highest BCUT2D eigenvalue weighted by molar-refractivity contribution is 7.89. The minimum absolute atomic E-state index is 0.119. The molecule has 31 heavy (non-hydrogen) atoms. The summed E-state index contributed by atoms with van der Waals surface area (Å²) in [6, 6.07) is 14.3. The average Bonchev–Trinajstić information content (AvgIpc) is 3.51. The summed E-state index contributed by atoms with van der Waals surface area (Å²) in [4.78, 5) is 17.1. The fourth-order valence-corrected chi connectivity index (χ4v) is 4.98. The van der Waals surface area contributed by atoms with Gasteiger partial charge in [-0.15, -0.1) is 11.3 Å². The van der Waals surface area contributed by atoms with Gasteiger partial charge in [-0.05, 0) is 55.9 Å². The van der Waals surface area contributed by atoms with Crippen LogP contribution in [0.5, 0.6) is 0 Å². The molecule has 6 nitrogen and oxygen atoms in total. The Bertz CT molecular complexity index is 1170. The zero-order chi connectivity index (χ0) is 21.8. The lowest BCUT2D eigenvalue weighted by Gasteiger charge is -2.09. The Kier molecular flexibility index (Phi) is 6.50. The third kappa shape index (κ3) is 5.78. The van der Waals surface area contributed by atoms with Gasteiger partial charge in [0.2, 0.25) is 10.0 Å². The van der Waals surface area contributed by atoms with Gasteiger partial charge in [0.15, 0.2) is 0 Å². The third-order valence-electron chi connectivity index (χ3n) is 5.23. The normalized spacial score (nSPS) is 13.8. The lowest BCUT2D eigenvalue weighted by atomic mass is 10.1. The van der Waals surface area contributed by atoms with Crippen LogP contribution in [0, 0.1) is 12.8 Å². The maximum absolute atomic E-state index is 12.5. The molecule has 1 fully saturated rings. The number of carbonyl (C=O) groups is 1. The molecule has 0 aliphatic heterocycles. The molecule has 1 heterocycles. The monoisotopic (exact) mass is 455 g/mol. The van der Waals surface area contributed by atoms with Gasteiger partial charge in [0.1, 0.15) is 0 Å². The molecule has 2 N–H and O–H groups in total. The van der Waals surface area contributed by atoms with Crippen LogP contribution in [0.25, 0.3) is 11.3 Å². The molecule has 0 saturated heterocycles. The maximum atomic E-state index is 12.5. The molecule has 1 aromatic heterocycles. The SMILES string of the molecule is Cc1nc(-c2ccc(CCNC(=O)c3cccc(S(=O)(=O)NCC4CC4)c3)cc2)cs1. The summed E-state index contributed by atoms with van der Waals surface area (Å²) >= 11 is 1.63. The first kappa shape index (κ1) is 21.7. The number of sulfonamides is 1. The maximum Gasteiger partial charge on any atom is 0.251 e. The van der Waals surface area contributed by atoms with Crippen LogP contribution in [-0.4, -0.2) is 32.4 Å². The summed E-state index contributed by atoms with van der Waals surface area (Å²) in [5.74, 6) is 0.162. The lowest BCUT2D eigenvalue weighted by molar-refractivity contribution is 0.0954. The molecule has 162 valence electrons. The third-order valence-corrected chi connectivity index (χ3v) is 7.43. The molecule has 8 heteroatoms. The van der Waals surface area contributed by atoms with Crippen LogP contribution in [0.15, 0.2) is 58.8 Å². The summed E-state index contributed by atoms with van der Waals surface area (Å²) in [6.07, 6.45) is 2.82. The van der Waals surface area contributed by atoms with Crippen LogP contribution in [0.1, 0.15) is 33.8 Å². The Balaban J connectivity index is 1.31. The van der Waals surface area contributed by atoms with E-state index in [-0.39, 0.29) is 10.8 Å². The molecule has 0 bridgehead atoms. The van der Waals surface area contributed by atoms with Crippen molar-refractivity contribution < 1.29 is 13.2 Å². The molecule has 1 aliphatic carbocycles. The van der Waals surface area contributed by atoms with Gasteiger partial charge < -0.3 is 5.32 Å². The van der Waals surface area contributed by atoms with Gasteiger partial charge in [0.05, 0.1) is 15.6 Å². The van der Waals surface area contributed by atoms with Crippen LogP contribution >= 0.6 is 11.3 Å². The van der Waals surface area contributed by atoms with E-state index in [2.05, 4.69) is 15.0 Å². The van der Waals surface area contributed by atoms with Crippen LogP contribution < -0.4 is 10.0 Å². The highest BCUT2D eigenvalue weighted by Gasteiger charge is 2.24. The van der Waals surface area contributed by atoms with E-state index in [1.807, 2.05) is 36.6 Å². The highest BCUT2D eigenvalue weighted by atomic mass is 32.2. The molecule has 2 aromatic carbocycles. The number of nitrogens with one attached hydrogen (secondary N) is 2. The topological polar surface area (TPSA) is 88.2 Å². The molecular formula is C23H25N3O3S2. The number of hydrogen-bond acceptors (Lipinski definition) is 5. The second-order valence-electron chi connectivity index (χ2n) is 7.78. The van der Waals surface area contributed by atoms with Gasteiger partial charge in [0.25, 0.3) is 5.91 Å². The van der Waals surface area contributed by atoms with E-state index in [4.69, 9.17) is 0 Å². The second kappa shape index (κ2) is 9.30. The number of hydrogen-bond donors (Lipinski definition) is 2. The van der Waals surface area contributed by atoms with Gasteiger partial charge in [0, 0.05) is 29.6 Å². The number of benzene rings is 2. The summed E-state index contributed by atoms with van der Waals surface area (Å²) in [5, 5.41) is 5.95. The van der Waals surface area contributed by atoms with E-state index in [9.17, 15) is 13.2 Å². The highest BCUT2D eigenvalue weighted by Crippen LogP contribution is 2.28. The van der Waals surface area contributed by atoms with Crippen LogP contribution in [0.4, 0.5) is 0 Å². The van der Waals surface area contributed by atoms with Gasteiger partial charge in [-0.25, -0.2) is 18.1 Å². The first-order valence-electron chi connectivity index (χ1n) is 10.3. The Morgan fingerprint density at radius 2 is 1.94 bits per heavy atom. The number of thiazole rings is 1. The van der Waals surface area contributed by atoms with Crippen LogP contribution in [0.2, 0.25) is 0 Å². The van der Waals surface area contributed by atoms with E-state index in [1.165, 1.54) is 12.1 Å². The summed E-state index contributed by atoms with van der Waals surface area (Å²) in [5.41, 5.74) is 3.49. The van der Waals surface area contributed by atoms with Crippen molar-refractivity contribution in [2.75, 3.05) is 13.1 Å². The molecule has 1 saturated carbocycles. The van der Waals surface area contributed by atoms with E-state index in [0.717, 1.165) is 34.7 Å². The number of aromatic nitrogens is 1. The Morgan fingerprint density at radius 3 is 2.61 bits per heavy atom. The number of carbonyl (C=O) groups excluding carboxylic acids is 1. The lowest BCUT2D eigenvalue weighted by Crippen LogP contribution is -2.28. The Labute approximate surface area is 186 Å². The molecule has 1 aliphatic rings. The van der Waals surface area contributed by atoms with Gasteiger partial charge in [-0.1, -0.05) is 30.3 Å². The van der Waals surface area contributed by atoms with Crippen molar-refractivity contribution in [3.8, 4) is 11.3 Å². The van der Waals surface area contributed by atoms with E-state index in [0.29, 0.717) is 31.0 Å². The molecular weight excluding hydrogens is 430 g/mol. The van der Waals surface area contributed by atoms with Gasteiger partial charge in [-0.3, -0.25) is 4.79 Å². The van der Waals surface area contributed by atoms with E-state index < -0.39 is 10.0 Å². The molecule has 0 radical (unpaired) electrons. The first-order valence-corrected chi connectivity index (χ1v) is 12.7. The molecule has 0 atom stereocenters. The number of aryl methyl sites for hydroxylation is 1. The van der Waals surface area contributed by atoms with Crippen molar-refractivity contribution in [2.24, 2.45) is 5.92 Å². The minimum Gasteiger partial charge on any atom is -0.352 e. The summed E-state index contributed by atoms with van der Waals surface area (Å²) < 4.78 is 27.5. The molecule has 0 spiro atoms. The van der Waals surface area contributed by atoms with Crippen LogP contribution in [0.3, 0.4) is 0 Å². The van der Waals surface area contributed by atoms with Crippen molar-refractivity contribution in [3.63, 3.8) is 0 Å². The smallest absolute Gasteiger partial charge is 0.251 e. The standard InChI is InChI=1S/C23H25N3O3S2/c1-16-26-22(15-30-16)19-9-7-17(8-10-19)11-12-24-23(27)20-3-2-4-21(13-20)31(28,29)25-14-18-5-6-18/h2-4,7-10,13,15,18,25H,5-6,11-12,14H2,1H3,(H,24,27). The largest absolute Gasteiger partial charge is 0.352 e. The predicted octanol–water partition coefficient (Wildman–Crippen LogP) is 3.78. The van der Waals surface area contributed by atoms with E-state index in [1.54, 1.807) is 23.5 Å². The average molecular weight is 456 g/mol. The van der Waals surface area contributed by atoms with Crippen molar-refractivity contribution in [1.29, 1.82) is 0 Å². The van der Waals surface area contributed by atoms with Crippen molar-refractivity contribution in [2.45, 2.75) is 31.1 Å². The Hall–Kier alpha value is -2.55. The summed E-state index contributed by atoms with van der Waals surface area (Å²) in [6.45, 7) is 2.91. The molecule has 4 rings (SSSR count). The minimum atomic E-state index is -3.59. The summed E-state index contributed by atoms with van der Waals surface area (Å²) in [7, 11) is -3.59. The molecule has 3 aromatic rings. The first-order chi connectivity index (χ1) is 14.9. The number of rotatable bonds is 9. The van der Waals surface area contributed by atoms with Crippen molar-refractivity contribution in [3.05, 3.63) is 70.0 Å². The quantitative estimate of drug-likeness (QED) is 0.514. The van der Waals surface area contributed by atoms with Gasteiger partial charge in [-0.2, -0.15) is 0 Å². The Morgan fingerprint density at radius 1 is 1.16 bits per heavy atom. The van der Waals surface area contributed by atoms with Crippen LogP contribution in [-0.2, 0) is 16.4 Å². The molecule has 0 unspecified atom stereocenters. The van der Waals surface area contributed by atoms with E-state index >= 15 is 0 Å². The number of nitrogens with zero attached hydrogens (tertiary/aromatic N) is 1. The van der Waals surface area contributed by atoms with Crippen molar-refractivity contribution >= 4 is 27.3 Å². The zero-order valence-electron chi connectivity index (χ0n) is 17.3. The van der Waals surface area contributed by atoms with Crippen molar-refractivity contribution in [1.82, 2.24) is 15.0 Å². The fraction of sp³-hybridized carbons (Fsp3) is 0.304. The number of amides is 1. The second-order valence-corrected chi connectivity index (χ2v) is 10.6. The molecule has 1 amide bonds. The van der Waals surface area contributed by atoms with Gasteiger partial charge >= 0.3 is 0 Å². The zero-order valence-corrected chi connectivity index (χ0v) is 18.9.